The highest BCUT2D eigenvalue weighted by atomic mass is 19.4. The summed E-state index contributed by atoms with van der Waals surface area (Å²) in [5.74, 6) is -1.85. The number of aromatic amines is 1. The van der Waals surface area contributed by atoms with Gasteiger partial charge in [-0.1, -0.05) is 0 Å². The van der Waals surface area contributed by atoms with Crippen LogP contribution in [0.4, 0.5) is 22.0 Å². The van der Waals surface area contributed by atoms with Crippen LogP contribution in [0.5, 0.6) is 0 Å². The molecule has 0 aromatic carbocycles. The van der Waals surface area contributed by atoms with Crippen LogP contribution < -0.4 is 5.56 Å². The van der Waals surface area contributed by atoms with Crippen molar-refractivity contribution in [2.75, 3.05) is 0 Å². The van der Waals surface area contributed by atoms with Gasteiger partial charge in [0, 0.05) is 0 Å². The number of H-pyrrole nitrogens is 1. The quantitative estimate of drug-likeness (QED) is 0.796. The molecule has 17 heavy (non-hydrogen) atoms. The van der Waals surface area contributed by atoms with Crippen LogP contribution in [0.25, 0.3) is 0 Å². The zero-order valence-electron chi connectivity index (χ0n) is 7.81. The summed E-state index contributed by atoms with van der Waals surface area (Å²) in [5, 5.41) is 8.40. The lowest BCUT2D eigenvalue weighted by molar-refractivity contribution is -0.139. The first-order valence-corrected chi connectivity index (χ1v) is 4.00. The largest absolute Gasteiger partial charge is 0.477 e. The van der Waals surface area contributed by atoms with E-state index in [-0.39, 0.29) is 6.07 Å². The Hall–Kier alpha value is -1.93. The van der Waals surface area contributed by atoms with Crippen molar-refractivity contribution in [3.8, 4) is 0 Å². The highest BCUT2D eigenvalue weighted by Gasteiger charge is 2.38. The van der Waals surface area contributed by atoms with E-state index < -0.39 is 41.0 Å². The van der Waals surface area contributed by atoms with Crippen molar-refractivity contribution in [2.24, 2.45) is 0 Å². The maximum atomic E-state index is 12.4. The Balaban J connectivity index is 3.63. The molecule has 0 atom stereocenters. The second-order valence-electron chi connectivity index (χ2n) is 2.94. The number of hydrogen-bond acceptors (Lipinski definition) is 2. The average molecular weight is 257 g/mol. The van der Waals surface area contributed by atoms with Crippen LogP contribution in [0.1, 0.15) is 28.0 Å². The molecule has 1 rings (SSSR count). The molecule has 0 spiro atoms. The lowest BCUT2D eigenvalue weighted by Gasteiger charge is -2.11. The number of rotatable bonds is 2. The van der Waals surface area contributed by atoms with Gasteiger partial charge in [-0.3, -0.25) is 4.79 Å². The summed E-state index contributed by atoms with van der Waals surface area (Å²) in [5.41, 5.74) is -6.62. The summed E-state index contributed by atoms with van der Waals surface area (Å²) in [7, 11) is 0. The molecule has 2 N–H and O–H groups in total. The monoisotopic (exact) mass is 257 g/mol. The predicted molar refractivity (Wildman–Crippen MR) is 44.0 cm³/mol. The van der Waals surface area contributed by atoms with Crippen LogP contribution in [-0.4, -0.2) is 16.1 Å². The fourth-order valence-corrected chi connectivity index (χ4v) is 1.14. The molecule has 0 bridgehead atoms. The first-order chi connectivity index (χ1) is 7.64. The fraction of sp³-hybridized carbons (Fsp3) is 0.250. The highest BCUT2D eigenvalue weighted by molar-refractivity contribution is 5.85. The van der Waals surface area contributed by atoms with Crippen molar-refractivity contribution >= 4 is 5.97 Å². The number of carboxylic acids is 1. The van der Waals surface area contributed by atoms with Crippen molar-refractivity contribution in [1.82, 2.24) is 4.98 Å². The third-order valence-electron chi connectivity index (χ3n) is 1.83. The third kappa shape index (κ3) is 2.60. The summed E-state index contributed by atoms with van der Waals surface area (Å²) >= 11 is 0. The molecule has 0 saturated heterocycles. The van der Waals surface area contributed by atoms with Crippen LogP contribution >= 0.6 is 0 Å². The Morgan fingerprint density at radius 1 is 1.35 bits per heavy atom. The normalized spacial score (nSPS) is 11.9. The Morgan fingerprint density at radius 3 is 2.24 bits per heavy atom. The summed E-state index contributed by atoms with van der Waals surface area (Å²) in [6.07, 6.45) is -8.89. The van der Waals surface area contributed by atoms with Crippen molar-refractivity contribution in [3.63, 3.8) is 0 Å². The van der Waals surface area contributed by atoms with Crippen LogP contribution in [0.3, 0.4) is 0 Å². The van der Waals surface area contributed by atoms with E-state index >= 15 is 0 Å². The molecule has 94 valence electrons. The van der Waals surface area contributed by atoms with Gasteiger partial charge >= 0.3 is 12.1 Å². The Labute approximate surface area is 89.7 Å². The molecule has 0 aliphatic rings. The van der Waals surface area contributed by atoms with Crippen LogP contribution in [0.15, 0.2) is 10.9 Å². The molecule has 0 unspecified atom stereocenters. The van der Waals surface area contributed by atoms with Gasteiger partial charge in [0.05, 0.1) is 11.1 Å². The van der Waals surface area contributed by atoms with Gasteiger partial charge in [0.15, 0.2) is 0 Å². The Morgan fingerprint density at radius 2 is 1.88 bits per heavy atom. The number of alkyl halides is 5. The Bertz CT molecular complexity index is 505. The van der Waals surface area contributed by atoms with Gasteiger partial charge < -0.3 is 10.1 Å². The van der Waals surface area contributed by atoms with Gasteiger partial charge in [-0.25, -0.2) is 13.6 Å². The molecule has 0 radical (unpaired) electrons. The van der Waals surface area contributed by atoms with E-state index in [1.54, 1.807) is 0 Å². The van der Waals surface area contributed by atoms with Crippen molar-refractivity contribution in [3.05, 3.63) is 33.2 Å². The molecular weight excluding hydrogens is 253 g/mol. The molecule has 4 nitrogen and oxygen atoms in total. The summed E-state index contributed by atoms with van der Waals surface area (Å²) in [6.45, 7) is 0. The molecule has 9 heteroatoms. The molecular formula is C8H4F5NO3. The number of halogens is 5. The first kappa shape index (κ1) is 13.1. The summed E-state index contributed by atoms with van der Waals surface area (Å²) in [6, 6.07) is -0.0365. The number of nitrogens with one attached hydrogen (secondary N) is 1. The molecule has 0 saturated carbocycles. The summed E-state index contributed by atoms with van der Waals surface area (Å²) in [4.78, 5) is 22.8. The van der Waals surface area contributed by atoms with Gasteiger partial charge in [0.2, 0.25) is 0 Å². The smallest absolute Gasteiger partial charge is 0.417 e. The summed E-state index contributed by atoms with van der Waals surface area (Å²) < 4.78 is 61.6. The van der Waals surface area contributed by atoms with E-state index in [0.29, 0.717) is 0 Å². The minimum absolute atomic E-state index is 0.0365. The minimum Gasteiger partial charge on any atom is -0.477 e. The number of carboxylic acid groups (broad SMARTS) is 1. The SMILES string of the molecule is O=C(O)c1cc(C(F)(F)F)c(C(F)F)c(=O)[nH]1. The third-order valence-corrected chi connectivity index (χ3v) is 1.83. The standard InChI is InChI=1S/C8H4F5NO3/c9-5(10)4-2(8(11,12)13)1-3(7(16)17)14-6(4)15/h1,5H,(H,14,15)(H,16,17). The maximum Gasteiger partial charge on any atom is 0.417 e. The maximum absolute atomic E-state index is 12.4. The second kappa shape index (κ2) is 4.15. The minimum atomic E-state index is -5.23. The number of aromatic carboxylic acids is 1. The van der Waals surface area contributed by atoms with Gasteiger partial charge in [-0.05, 0) is 6.07 Å². The molecule has 0 aliphatic carbocycles. The van der Waals surface area contributed by atoms with Gasteiger partial charge in [-0.15, -0.1) is 0 Å². The fourth-order valence-electron chi connectivity index (χ4n) is 1.14. The van der Waals surface area contributed by atoms with Crippen LogP contribution in [0.2, 0.25) is 0 Å². The lowest BCUT2D eigenvalue weighted by Crippen LogP contribution is -2.24. The number of hydrogen-bond donors (Lipinski definition) is 2. The van der Waals surface area contributed by atoms with E-state index in [0.717, 1.165) is 0 Å². The molecule has 1 heterocycles. The molecule has 0 fully saturated rings. The topological polar surface area (TPSA) is 70.2 Å². The Kier molecular flexibility index (Phi) is 3.21. The molecule has 0 amide bonds. The van der Waals surface area contributed by atoms with Gasteiger partial charge in [0.1, 0.15) is 5.69 Å². The van der Waals surface area contributed by atoms with E-state index in [1.807, 2.05) is 0 Å². The van der Waals surface area contributed by atoms with E-state index in [9.17, 15) is 31.5 Å². The zero-order valence-corrected chi connectivity index (χ0v) is 7.81. The van der Waals surface area contributed by atoms with Gasteiger partial charge in [-0.2, -0.15) is 13.2 Å². The second-order valence-corrected chi connectivity index (χ2v) is 2.94. The van der Waals surface area contributed by atoms with E-state index in [1.165, 1.54) is 4.98 Å². The predicted octanol–water partition coefficient (Wildman–Crippen LogP) is 2.03. The van der Waals surface area contributed by atoms with Crippen molar-refractivity contribution < 1.29 is 31.9 Å². The average Bonchev–Trinajstić information content (AvgIpc) is 2.14. The van der Waals surface area contributed by atoms with Crippen molar-refractivity contribution in [2.45, 2.75) is 12.6 Å². The molecule has 0 aliphatic heterocycles. The van der Waals surface area contributed by atoms with E-state index in [4.69, 9.17) is 5.11 Å². The molecule has 1 aromatic heterocycles. The van der Waals surface area contributed by atoms with E-state index in [2.05, 4.69) is 0 Å². The molecule has 1 aromatic rings. The van der Waals surface area contributed by atoms with Crippen molar-refractivity contribution in [1.29, 1.82) is 0 Å². The lowest BCUT2D eigenvalue weighted by atomic mass is 10.1. The number of carbonyl (C=O) groups is 1. The van der Waals surface area contributed by atoms with Crippen LogP contribution in [0, 0.1) is 0 Å². The van der Waals surface area contributed by atoms with Gasteiger partial charge in [0.25, 0.3) is 12.0 Å². The number of aromatic nitrogens is 1. The number of pyridine rings is 1. The highest BCUT2D eigenvalue weighted by Crippen LogP contribution is 2.34. The first-order valence-electron chi connectivity index (χ1n) is 4.00. The zero-order chi connectivity index (χ0) is 13.4. The van der Waals surface area contributed by atoms with Crippen LogP contribution in [-0.2, 0) is 6.18 Å².